The summed E-state index contributed by atoms with van der Waals surface area (Å²) < 4.78 is 0. The van der Waals surface area contributed by atoms with E-state index in [1.807, 2.05) is 12.1 Å². The van der Waals surface area contributed by atoms with Gasteiger partial charge in [0.15, 0.2) is 0 Å². The van der Waals surface area contributed by atoms with Gasteiger partial charge in [0.1, 0.15) is 24.0 Å². The number of nitriles is 1. The fourth-order valence-electron chi connectivity index (χ4n) is 4.32. The Kier molecular flexibility index (Phi) is 4.60. The van der Waals surface area contributed by atoms with Crippen LogP contribution in [0.2, 0.25) is 0 Å². The fourth-order valence-corrected chi connectivity index (χ4v) is 4.32. The predicted octanol–water partition coefficient (Wildman–Crippen LogP) is 2.82. The SMILES string of the molecule is N#Cc1cccnc1N1CCN(c2ccc3ncnc(N4CCCC4)c3c2)CC1. The maximum atomic E-state index is 9.35. The van der Waals surface area contributed by atoms with E-state index in [9.17, 15) is 5.26 Å². The van der Waals surface area contributed by atoms with Gasteiger partial charge in [0, 0.05) is 56.5 Å². The van der Waals surface area contributed by atoms with Gasteiger partial charge in [-0.05, 0) is 43.2 Å². The highest BCUT2D eigenvalue weighted by atomic mass is 15.3. The topological polar surface area (TPSA) is 72.2 Å². The number of nitrogens with zero attached hydrogens (tertiary/aromatic N) is 7. The van der Waals surface area contributed by atoms with Crippen LogP contribution in [0.1, 0.15) is 18.4 Å². The zero-order chi connectivity index (χ0) is 19.6. The van der Waals surface area contributed by atoms with E-state index in [1.54, 1.807) is 12.5 Å². The van der Waals surface area contributed by atoms with E-state index in [1.165, 1.54) is 18.5 Å². The molecule has 2 aliphatic rings. The zero-order valence-electron chi connectivity index (χ0n) is 16.3. The normalized spacial score (nSPS) is 17.0. The van der Waals surface area contributed by atoms with E-state index >= 15 is 0 Å². The van der Waals surface area contributed by atoms with Crippen LogP contribution < -0.4 is 14.7 Å². The standard InChI is InChI=1S/C22H23N7/c23-15-17-4-3-7-24-21(17)29-12-10-27(11-13-29)18-5-6-20-19(14-18)22(26-16-25-20)28-8-1-2-9-28/h3-7,14,16H,1-2,8-13H2. The average Bonchev–Trinajstić information content (AvgIpc) is 3.33. The van der Waals surface area contributed by atoms with Crippen molar-refractivity contribution in [3.05, 3.63) is 48.4 Å². The highest BCUT2D eigenvalue weighted by Gasteiger charge is 2.22. The minimum atomic E-state index is 0.638. The van der Waals surface area contributed by atoms with E-state index in [0.29, 0.717) is 5.56 Å². The number of benzene rings is 1. The third-order valence-corrected chi connectivity index (χ3v) is 5.85. The van der Waals surface area contributed by atoms with Crippen molar-refractivity contribution in [1.29, 1.82) is 5.26 Å². The lowest BCUT2D eigenvalue weighted by atomic mass is 10.1. The number of piperazine rings is 1. The summed E-state index contributed by atoms with van der Waals surface area (Å²) in [5.41, 5.74) is 2.84. The minimum absolute atomic E-state index is 0.638. The van der Waals surface area contributed by atoms with Crippen molar-refractivity contribution < 1.29 is 0 Å². The van der Waals surface area contributed by atoms with Gasteiger partial charge in [-0.3, -0.25) is 0 Å². The molecule has 2 saturated heterocycles. The first-order chi connectivity index (χ1) is 14.3. The number of rotatable bonds is 3. The van der Waals surface area contributed by atoms with E-state index < -0.39 is 0 Å². The molecule has 0 aliphatic carbocycles. The van der Waals surface area contributed by atoms with Crippen molar-refractivity contribution in [2.24, 2.45) is 0 Å². The van der Waals surface area contributed by atoms with Crippen molar-refractivity contribution in [3.63, 3.8) is 0 Å². The molecule has 0 saturated carbocycles. The second-order valence-electron chi connectivity index (χ2n) is 7.55. The van der Waals surface area contributed by atoms with Gasteiger partial charge in [0.2, 0.25) is 0 Å². The van der Waals surface area contributed by atoms with Crippen molar-refractivity contribution in [3.8, 4) is 6.07 Å². The van der Waals surface area contributed by atoms with Gasteiger partial charge in [-0.25, -0.2) is 15.0 Å². The summed E-state index contributed by atoms with van der Waals surface area (Å²) in [6, 6.07) is 12.4. The van der Waals surface area contributed by atoms with Crippen LogP contribution in [0, 0.1) is 11.3 Å². The minimum Gasteiger partial charge on any atom is -0.368 e. The molecule has 7 nitrogen and oxygen atoms in total. The second-order valence-corrected chi connectivity index (χ2v) is 7.55. The number of fused-ring (bicyclic) bond motifs is 1. The summed E-state index contributed by atoms with van der Waals surface area (Å²) in [6.45, 7) is 5.60. The Hall–Kier alpha value is -3.40. The Morgan fingerprint density at radius 1 is 0.793 bits per heavy atom. The molecule has 0 bridgehead atoms. The van der Waals surface area contributed by atoms with E-state index in [4.69, 9.17) is 0 Å². The molecule has 0 atom stereocenters. The third-order valence-electron chi connectivity index (χ3n) is 5.85. The lowest BCUT2D eigenvalue weighted by Crippen LogP contribution is -2.47. The molecule has 0 unspecified atom stereocenters. The molecular weight excluding hydrogens is 362 g/mol. The van der Waals surface area contributed by atoms with E-state index in [0.717, 1.165) is 61.8 Å². The first-order valence-corrected chi connectivity index (χ1v) is 10.2. The van der Waals surface area contributed by atoms with Crippen molar-refractivity contribution in [2.75, 3.05) is 54.0 Å². The molecule has 146 valence electrons. The summed E-state index contributed by atoms with van der Waals surface area (Å²) in [5, 5.41) is 10.5. The predicted molar refractivity (Wildman–Crippen MR) is 114 cm³/mol. The zero-order valence-corrected chi connectivity index (χ0v) is 16.3. The maximum Gasteiger partial charge on any atom is 0.146 e. The summed E-state index contributed by atoms with van der Waals surface area (Å²) in [6.07, 6.45) is 5.89. The van der Waals surface area contributed by atoms with Crippen molar-refractivity contribution in [2.45, 2.75) is 12.8 Å². The average molecular weight is 385 g/mol. The van der Waals surface area contributed by atoms with Crippen LogP contribution in [0.5, 0.6) is 0 Å². The van der Waals surface area contributed by atoms with Gasteiger partial charge in [0.25, 0.3) is 0 Å². The lowest BCUT2D eigenvalue weighted by molar-refractivity contribution is 0.647. The summed E-state index contributed by atoms with van der Waals surface area (Å²) in [5.74, 6) is 1.85. The Balaban J connectivity index is 1.38. The Labute approximate surface area is 170 Å². The van der Waals surface area contributed by atoms with Crippen LogP contribution in [0.25, 0.3) is 10.9 Å². The number of pyridine rings is 1. The van der Waals surface area contributed by atoms with Crippen LogP contribution in [-0.2, 0) is 0 Å². The molecule has 0 radical (unpaired) electrons. The fraction of sp³-hybridized carbons (Fsp3) is 0.364. The first kappa shape index (κ1) is 17.7. The quantitative estimate of drug-likeness (QED) is 0.686. The molecule has 1 aromatic carbocycles. The smallest absolute Gasteiger partial charge is 0.146 e. The van der Waals surface area contributed by atoms with Crippen molar-refractivity contribution >= 4 is 28.2 Å². The summed E-state index contributed by atoms with van der Waals surface area (Å²) in [4.78, 5) is 20.5. The van der Waals surface area contributed by atoms with Crippen LogP contribution in [-0.4, -0.2) is 54.2 Å². The van der Waals surface area contributed by atoms with Gasteiger partial charge >= 0.3 is 0 Å². The molecule has 29 heavy (non-hydrogen) atoms. The third kappa shape index (κ3) is 3.31. The molecule has 4 heterocycles. The Morgan fingerprint density at radius 2 is 1.55 bits per heavy atom. The Morgan fingerprint density at radius 3 is 2.34 bits per heavy atom. The molecule has 2 aromatic heterocycles. The Bertz CT molecular complexity index is 1060. The molecule has 0 spiro atoms. The summed E-state index contributed by atoms with van der Waals surface area (Å²) in [7, 11) is 0. The van der Waals surface area contributed by atoms with Gasteiger partial charge < -0.3 is 14.7 Å². The molecule has 3 aromatic rings. The molecule has 2 fully saturated rings. The van der Waals surface area contributed by atoms with E-state index in [-0.39, 0.29) is 0 Å². The first-order valence-electron chi connectivity index (χ1n) is 10.2. The van der Waals surface area contributed by atoms with Crippen LogP contribution in [0.3, 0.4) is 0 Å². The molecule has 0 N–H and O–H groups in total. The molecule has 7 heteroatoms. The number of hydrogen-bond acceptors (Lipinski definition) is 7. The van der Waals surface area contributed by atoms with Gasteiger partial charge in [-0.15, -0.1) is 0 Å². The second kappa shape index (κ2) is 7.55. The summed E-state index contributed by atoms with van der Waals surface area (Å²) >= 11 is 0. The lowest BCUT2D eigenvalue weighted by Gasteiger charge is -2.37. The van der Waals surface area contributed by atoms with Crippen molar-refractivity contribution in [1.82, 2.24) is 15.0 Å². The number of aromatic nitrogens is 3. The number of anilines is 3. The number of hydrogen-bond donors (Lipinski definition) is 0. The molecule has 0 amide bonds. The van der Waals surface area contributed by atoms with Crippen LogP contribution in [0.15, 0.2) is 42.9 Å². The maximum absolute atomic E-state index is 9.35. The van der Waals surface area contributed by atoms with Crippen LogP contribution in [0.4, 0.5) is 17.3 Å². The van der Waals surface area contributed by atoms with Crippen LogP contribution >= 0.6 is 0 Å². The van der Waals surface area contributed by atoms with Gasteiger partial charge in [0.05, 0.1) is 11.1 Å². The van der Waals surface area contributed by atoms with Gasteiger partial charge in [-0.2, -0.15) is 5.26 Å². The largest absolute Gasteiger partial charge is 0.368 e. The molecule has 5 rings (SSSR count). The van der Waals surface area contributed by atoms with Gasteiger partial charge in [-0.1, -0.05) is 0 Å². The molecular formula is C22H23N7. The molecule has 2 aliphatic heterocycles. The highest BCUT2D eigenvalue weighted by molar-refractivity contribution is 5.92. The van der Waals surface area contributed by atoms with E-state index in [2.05, 4.69) is 53.9 Å². The highest BCUT2D eigenvalue weighted by Crippen LogP contribution is 2.30. The monoisotopic (exact) mass is 385 g/mol.